The third-order valence-corrected chi connectivity index (χ3v) is 5.82. The normalized spacial score (nSPS) is 21.1. The molecular weight excluding hydrogens is 484 g/mol. The third kappa shape index (κ3) is 6.94. The van der Waals surface area contributed by atoms with E-state index in [9.17, 15) is 4.39 Å². The summed E-state index contributed by atoms with van der Waals surface area (Å²) in [5, 5.41) is 6.89. The molecule has 2 unspecified atom stereocenters. The first-order valence-electron chi connectivity index (χ1n) is 10.7. The van der Waals surface area contributed by atoms with Gasteiger partial charge in [-0.15, -0.1) is 24.0 Å². The maximum absolute atomic E-state index is 14.0. The van der Waals surface area contributed by atoms with Crippen LogP contribution in [-0.4, -0.2) is 56.4 Å². The molecule has 2 atom stereocenters. The van der Waals surface area contributed by atoms with Gasteiger partial charge in [0.2, 0.25) is 0 Å². The molecule has 2 aliphatic rings. The molecule has 1 saturated carbocycles. The number of halogens is 2. The zero-order valence-electron chi connectivity index (χ0n) is 17.6. The molecule has 1 aromatic heterocycles. The number of hydrogen-bond donors (Lipinski definition) is 2. The van der Waals surface area contributed by atoms with E-state index in [1.165, 1.54) is 31.7 Å². The van der Waals surface area contributed by atoms with Crippen molar-refractivity contribution in [1.82, 2.24) is 15.6 Å². The number of aromatic nitrogens is 1. The lowest BCUT2D eigenvalue weighted by Crippen LogP contribution is -2.45. The Morgan fingerprint density at radius 2 is 2.17 bits per heavy atom. The molecule has 0 radical (unpaired) electrons. The van der Waals surface area contributed by atoms with E-state index in [1.807, 2.05) is 4.90 Å². The molecule has 0 bridgehead atoms. The Balaban J connectivity index is 0.00000300. The van der Waals surface area contributed by atoms with Gasteiger partial charge < -0.3 is 20.3 Å². The summed E-state index contributed by atoms with van der Waals surface area (Å²) in [7, 11) is 1.79. The fourth-order valence-electron chi connectivity index (χ4n) is 4.40. The molecule has 164 valence electrons. The Hall–Kier alpha value is -1.16. The van der Waals surface area contributed by atoms with Crippen LogP contribution in [0.1, 0.15) is 45.4 Å². The fraction of sp³-hybridized carbons (Fsp3) is 0.714. The van der Waals surface area contributed by atoms with Gasteiger partial charge in [0.15, 0.2) is 17.6 Å². The van der Waals surface area contributed by atoms with E-state index in [-0.39, 0.29) is 35.8 Å². The summed E-state index contributed by atoms with van der Waals surface area (Å²) in [6.07, 6.45) is 9.15. The highest BCUT2D eigenvalue weighted by atomic mass is 127. The van der Waals surface area contributed by atoms with Gasteiger partial charge in [-0.25, -0.2) is 9.37 Å². The molecule has 6 nitrogen and oxygen atoms in total. The van der Waals surface area contributed by atoms with Gasteiger partial charge in [-0.3, -0.25) is 4.99 Å². The highest BCUT2D eigenvalue weighted by Gasteiger charge is 2.27. The van der Waals surface area contributed by atoms with Gasteiger partial charge in [0.1, 0.15) is 0 Å². The molecule has 3 rings (SSSR count). The van der Waals surface area contributed by atoms with E-state index >= 15 is 0 Å². The van der Waals surface area contributed by atoms with Crippen LogP contribution in [0.2, 0.25) is 0 Å². The monoisotopic (exact) mass is 519 g/mol. The Kier molecular flexibility index (Phi) is 10.4. The third-order valence-electron chi connectivity index (χ3n) is 5.82. The maximum atomic E-state index is 14.0. The molecule has 1 aliphatic heterocycles. The lowest BCUT2D eigenvalue weighted by molar-refractivity contribution is 0.0169. The standard InChI is InChI=1S/C21H34FN5O.HI/c1-3-28-19(16-7-4-5-8-16)10-13-25-21(23-2)26-17-11-14-27(15-17)20-18(22)9-6-12-24-20;/h6,9,12,16-17,19H,3-5,7-8,10-11,13-15H2,1-2H3,(H2,23,25,26);1H. The van der Waals surface area contributed by atoms with E-state index in [2.05, 4.69) is 27.5 Å². The number of hydrogen-bond acceptors (Lipinski definition) is 4. The lowest BCUT2D eigenvalue weighted by Gasteiger charge is -2.24. The number of nitrogens with one attached hydrogen (secondary N) is 2. The van der Waals surface area contributed by atoms with E-state index in [4.69, 9.17) is 4.74 Å². The van der Waals surface area contributed by atoms with Crippen molar-refractivity contribution in [1.29, 1.82) is 0 Å². The SMILES string of the molecule is CCOC(CCNC(=NC)NC1CCN(c2ncccc2F)C1)C1CCCC1.I. The van der Waals surface area contributed by atoms with Crippen molar-refractivity contribution in [2.75, 3.05) is 38.2 Å². The molecule has 0 spiro atoms. The Morgan fingerprint density at radius 1 is 1.38 bits per heavy atom. The first-order valence-corrected chi connectivity index (χ1v) is 10.7. The van der Waals surface area contributed by atoms with Crippen LogP contribution < -0.4 is 15.5 Å². The van der Waals surface area contributed by atoms with Crippen LogP contribution in [0.5, 0.6) is 0 Å². The number of anilines is 1. The van der Waals surface area contributed by atoms with Crippen molar-refractivity contribution in [2.45, 2.75) is 57.6 Å². The second kappa shape index (κ2) is 12.5. The second-order valence-electron chi connectivity index (χ2n) is 7.71. The van der Waals surface area contributed by atoms with Gasteiger partial charge >= 0.3 is 0 Å². The molecule has 2 heterocycles. The van der Waals surface area contributed by atoms with Crippen LogP contribution in [-0.2, 0) is 4.74 Å². The van der Waals surface area contributed by atoms with Crippen molar-refractivity contribution < 1.29 is 9.13 Å². The van der Waals surface area contributed by atoms with Gasteiger partial charge in [-0.1, -0.05) is 12.8 Å². The number of pyridine rings is 1. The summed E-state index contributed by atoms with van der Waals surface area (Å²) >= 11 is 0. The smallest absolute Gasteiger partial charge is 0.191 e. The van der Waals surface area contributed by atoms with Crippen molar-refractivity contribution in [3.8, 4) is 0 Å². The highest BCUT2D eigenvalue weighted by Crippen LogP contribution is 2.30. The number of nitrogens with zero attached hydrogens (tertiary/aromatic N) is 3. The van der Waals surface area contributed by atoms with Crippen molar-refractivity contribution in [2.24, 2.45) is 10.9 Å². The molecular formula is C21H35FIN5O. The zero-order valence-corrected chi connectivity index (χ0v) is 19.9. The summed E-state index contributed by atoms with van der Waals surface area (Å²) in [6, 6.07) is 3.31. The molecule has 8 heteroatoms. The molecule has 1 saturated heterocycles. The molecule has 0 aromatic carbocycles. The molecule has 1 aliphatic carbocycles. The van der Waals surface area contributed by atoms with Gasteiger partial charge in [0.05, 0.1) is 6.10 Å². The Labute approximate surface area is 191 Å². The Bertz CT molecular complexity index is 641. The van der Waals surface area contributed by atoms with Crippen molar-refractivity contribution >= 4 is 35.8 Å². The van der Waals surface area contributed by atoms with Gasteiger partial charge in [0, 0.05) is 45.5 Å². The number of guanidine groups is 1. The fourth-order valence-corrected chi connectivity index (χ4v) is 4.40. The van der Waals surface area contributed by atoms with Gasteiger partial charge in [-0.05, 0) is 50.7 Å². The van der Waals surface area contributed by atoms with E-state index < -0.39 is 0 Å². The predicted molar refractivity (Wildman–Crippen MR) is 127 cm³/mol. The van der Waals surface area contributed by atoms with Gasteiger partial charge in [-0.2, -0.15) is 0 Å². The van der Waals surface area contributed by atoms with Crippen LogP contribution in [0.3, 0.4) is 0 Å². The number of aliphatic imine (C=N–C) groups is 1. The quantitative estimate of drug-likeness (QED) is 0.313. The predicted octanol–water partition coefficient (Wildman–Crippen LogP) is 3.57. The largest absolute Gasteiger partial charge is 0.378 e. The van der Waals surface area contributed by atoms with E-state index in [1.54, 1.807) is 19.3 Å². The molecule has 29 heavy (non-hydrogen) atoms. The first-order chi connectivity index (χ1) is 13.7. The molecule has 0 amide bonds. The average molecular weight is 519 g/mol. The van der Waals surface area contributed by atoms with E-state index in [0.29, 0.717) is 17.8 Å². The zero-order chi connectivity index (χ0) is 19.8. The first kappa shape index (κ1) is 24.1. The topological polar surface area (TPSA) is 61.8 Å². The maximum Gasteiger partial charge on any atom is 0.191 e. The highest BCUT2D eigenvalue weighted by molar-refractivity contribution is 14.0. The summed E-state index contributed by atoms with van der Waals surface area (Å²) in [5.41, 5.74) is 0. The minimum absolute atomic E-state index is 0. The molecule has 2 N–H and O–H groups in total. The van der Waals surface area contributed by atoms with E-state index in [0.717, 1.165) is 45.0 Å². The second-order valence-corrected chi connectivity index (χ2v) is 7.71. The van der Waals surface area contributed by atoms with Gasteiger partial charge in [0.25, 0.3) is 0 Å². The summed E-state index contributed by atoms with van der Waals surface area (Å²) in [6.45, 7) is 5.20. The van der Waals surface area contributed by atoms with Crippen LogP contribution >= 0.6 is 24.0 Å². The van der Waals surface area contributed by atoms with Crippen LogP contribution in [0, 0.1) is 11.7 Å². The lowest BCUT2D eigenvalue weighted by atomic mass is 9.98. The Morgan fingerprint density at radius 3 is 2.86 bits per heavy atom. The number of rotatable bonds is 8. The molecule has 1 aromatic rings. The summed E-state index contributed by atoms with van der Waals surface area (Å²) in [5.74, 6) is 1.67. The average Bonchev–Trinajstić information content (AvgIpc) is 3.39. The van der Waals surface area contributed by atoms with Crippen molar-refractivity contribution in [3.63, 3.8) is 0 Å². The summed E-state index contributed by atoms with van der Waals surface area (Å²) in [4.78, 5) is 10.5. The number of ether oxygens (including phenoxy) is 1. The van der Waals surface area contributed by atoms with Crippen LogP contribution in [0.4, 0.5) is 10.2 Å². The summed E-state index contributed by atoms with van der Waals surface area (Å²) < 4.78 is 20.0. The molecule has 2 fully saturated rings. The van der Waals surface area contributed by atoms with Crippen LogP contribution in [0.25, 0.3) is 0 Å². The minimum atomic E-state index is -0.264. The van der Waals surface area contributed by atoms with Crippen LogP contribution in [0.15, 0.2) is 23.3 Å². The minimum Gasteiger partial charge on any atom is -0.378 e. The van der Waals surface area contributed by atoms with Crippen molar-refractivity contribution in [3.05, 3.63) is 24.1 Å².